The molecule has 0 saturated heterocycles. The summed E-state index contributed by atoms with van der Waals surface area (Å²) in [5.41, 5.74) is 1.30. The van der Waals surface area contributed by atoms with E-state index in [1.807, 2.05) is 5.43 Å². The number of anilines is 1. The number of hydrazine groups is 1. The van der Waals surface area contributed by atoms with Crippen LogP contribution in [0.2, 0.25) is 0 Å². The molecule has 0 fully saturated rings. The molecule has 1 aromatic heterocycles. The van der Waals surface area contributed by atoms with E-state index in [1.54, 1.807) is 0 Å². The molecule has 1 aromatic carbocycles. The molecule has 0 aliphatic carbocycles. The average Bonchev–Trinajstić information content (AvgIpc) is 2.42. The fourth-order valence-corrected chi connectivity index (χ4v) is 1.61. The minimum Gasteiger partial charge on any atom is -0.436 e. The fraction of sp³-hybridized carbons (Fsp3) is 0.154. The van der Waals surface area contributed by atoms with Crippen molar-refractivity contribution >= 4 is 5.82 Å². The highest BCUT2D eigenvalue weighted by molar-refractivity contribution is 5.43. The number of aromatic nitrogens is 1. The number of rotatable bonds is 3. The summed E-state index contributed by atoms with van der Waals surface area (Å²) in [6.07, 6.45) is -4.60. The van der Waals surface area contributed by atoms with Gasteiger partial charge in [-0.2, -0.15) is 18.2 Å². The molecule has 2 aromatic rings. The first-order valence-corrected chi connectivity index (χ1v) is 5.80. The Morgan fingerprint density at radius 3 is 2.57 bits per heavy atom. The standard InChI is InChI=1S/C13H11F4N3O/c1-7-3-2-4-9(12(7)14)21-11-6-8(13(15,16)17)5-10(19-11)20-18/h2-6H,18H2,1H3,(H,19,20). The number of alkyl halides is 3. The first-order chi connectivity index (χ1) is 9.81. The van der Waals surface area contributed by atoms with Crippen LogP contribution in [0.25, 0.3) is 0 Å². The van der Waals surface area contributed by atoms with E-state index in [1.165, 1.54) is 25.1 Å². The van der Waals surface area contributed by atoms with Gasteiger partial charge < -0.3 is 10.2 Å². The molecular formula is C13H11F4N3O. The number of nitrogens with two attached hydrogens (primary N) is 1. The predicted molar refractivity (Wildman–Crippen MR) is 68.3 cm³/mol. The zero-order valence-corrected chi connectivity index (χ0v) is 10.8. The molecule has 4 nitrogen and oxygen atoms in total. The van der Waals surface area contributed by atoms with Crippen LogP contribution in [-0.4, -0.2) is 4.98 Å². The molecule has 2 rings (SSSR count). The highest BCUT2D eigenvalue weighted by Crippen LogP contribution is 2.34. The van der Waals surface area contributed by atoms with E-state index in [-0.39, 0.29) is 11.6 Å². The summed E-state index contributed by atoms with van der Waals surface area (Å²) in [6.45, 7) is 1.51. The third-order valence-corrected chi connectivity index (χ3v) is 2.65. The first-order valence-electron chi connectivity index (χ1n) is 5.80. The summed E-state index contributed by atoms with van der Waals surface area (Å²) in [7, 11) is 0. The molecule has 0 radical (unpaired) electrons. The fourth-order valence-electron chi connectivity index (χ4n) is 1.61. The second-order valence-electron chi connectivity index (χ2n) is 4.21. The van der Waals surface area contributed by atoms with Gasteiger partial charge in [0.2, 0.25) is 5.88 Å². The monoisotopic (exact) mass is 301 g/mol. The number of pyridine rings is 1. The molecule has 0 bridgehead atoms. The van der Waals surface area contributed by atoms with E-state index in [0.717, 1.165) is 6.07 Å². The van der Waals surface area contributed by atoms with Crippen molar-refractivity contribution in [3.05, 3.63) is 47.3 Å². The van der Waals surface area contributed by atoms with Gasteiger partial charge in [0.15, 0.2) is 11.6 Å². The van der Waals surface area contributed by atoms with E-state index < -0.39 is 23.4 Å². The Morgan fingerprint density at radius 2 is 1.95 bits per heavy atom. The van der Waals surface area contributed by atoms with Crippen LogP contribution in [0.3, 0.4) is 0 Å². The van der Waals surface area contributed by atoms with Gasteiger partial charge in [-0.1, -0.05) is 12.1 Å². The third-order valence-electron chi connectivity index (χ3n) is 2.65. The maximum absolute atomic E-state index is 13.8. The average molecular weight is 301 g/mol. The van der Waals surface area contributed by atoms with E-state index in [0.29, 0.717) is 11.6 Å². The normalized spacial score (nSPS) is 11.3. The molecule has 3 N–H and O–H groups in total. The van der Waals surface area contributed by atoms with Gasteiger partial charge in [0.25, 0.3) is 0 Å². The maximum Gasteiger partial charge on any atom is 0.416 e. The largest absolute Gasteiger partial charge is 0.436 e. The molecule has 0 saturated carbocycles. The van der Waals surface area contributed by atoms with Gasteiger partial charge in [-0.15, -0.1) is 0 Å². The zero-order chi connectivity index (χ0) is 15.6. The van der Waals surface area contributed by atoms with Gasteiger partial charge in [0, 0.05) is 6.07 Å². The minimum atomic E-state index is -4.60. The number of nitrogens with zero attached hydrogens (tertiary/aromatic N) is 1. The predicted octanol–water partition coefficient (Wildman–Crippen LogP) is 3.63. The summed E-state index contributed by atoms with van der Waals surface area (Å²) in [6, 6.07) is 5.71. The van der Waals surface area contributed by atoms with Crippen molar-refractivity contribution in [3.63, 3.8) is 0 Å². The second kappa shape index (κ2) is 5.57. The summed E-state index contributed by atoms with van der Waals surface area (Å²) >= 11 is 0. The number of nitrogen functional groups attached to an aromatic ring is 1. The van der Waals surface area contributed by atoms with Crippen LogP contribution in [0.1, 0.15) is 11.1 Å². The van der Waals surface area contributed by atoms with Gasteiger partial charge in [0.1, 0.15) is 5.82 Å². The van der Waals surface area contributed by atoms with Crippen LogP contribution >= 0.6 is 0 Å². The lowest BCUT2D eigenvalue weighted by Crippen LogP contribution is -2.12. The van der Waals surface area contributed by atoms with Crippen LogP contribution in [0, 0.1) is 12.7 Å². The smallest absolute Gasteiger partial charge is 0.416 e. The summed E-state index contributed by atoms with van der Waals surface area (Å²) in [5.74, 6) is 3.53. The van der Waals surface area contributed by atoms with Crippen LogP contribution in [0.15, 0.2) is 30.3 Å². The Bertz CT molecular complexity index is 658. The van der Waals surface area contributed by atoms with Crippen molar-refractivity contribution in [3.8, 4) is 11.6 Å². The Balaban J connectivity index is 2.42. The molecule has 0 atom stereocenters. The second-order valence-corrected chi connectivity index (χ2v) is 4.21. The summed E-state index contributed by atoms with van der Waals surface area (Å²) in [4.78, 5) is 3.71. The van der Waals surface area contributed by atoms with Crippen LogP contribution in [0.4, 0.5) is 23.4 Å². The maximum atomic E-state index is 13.8. The quantitative estimate of drug-likeness (QED) is 0.516. The number of aryl methyl sites for hydroxylation is 1. The molecule has 112 valence electrons. The molecule has 0 aliphatic rings. The Kier molecular flexibility index (Phi) is 3.99. The third kappa shape index (κ3) is 3.40. The Hall–Kier alpha value is -2.35. The van der Waals surface area contributed by atoms with Gasteiger partial charge >= 0.3 is 6.18 Å². The van der Waals surface area contributed by atoms with Crippen molar-refractivity contribution in [1.29, 1.82) is 0 Å². The van der Waals surface area contributed by atoms with Crippen molar-refractivity contribution in [2.24, 2.45) is 5.84 Å². The number of hydrogen-bond donors (Lipinski definition) is 2. The minimum absolute atomic E-state index is 0.218. The highest BCUT2D eigenvalue weighted by atomic mass is 19.4. The molecule has 0 aliphatic heterocycles. The molecule has 0 spiro atoms. The topological polar surface area (TPSA) is 60.2 Å². The van der Waals surface area contributed by atoms with E-state index in [4.69, 9.17) is 10.6 Å². The number of hydrogen-bond acceptors (Lipinski definition) is 4. The van der Waals surface area contributed by atoms with Crippen molar-refractivity contribution in [2.45, 2.75) is 13.1 Å². The Labute approximate surface area is 117 Å². The van der Waals surface area contributed by atoms with Gasteiger partial charge in [-0.05, 0) is 24.6 Å². The van der Waals surface area contributed by atoms with Crippen molar-refractivity contribution < 1.29 is 22.3 Å². The van der Waals surface area contributed by atoms with Crippen LogP contribution in [-0.2, 0) is 6.18 Å². The van der Waals surface area contributed by atoms with Crippen molar-refractivity contribution in [1.82, 2.24) is 4.98 Å². The van der Waals surface area contributed by atoms with E-state index in [9.17, 15) is 17.6 Å². The molecule has 1 heterocycles. The molecular weight excluding hydrogens is 290 g/mol. The number of benzene rings is 1. The summed E-state index contributed by atoms with van der Waals surface area (Å²) in [5, 5.41) is 0. The number of halogens is 4. The highest BCUT2D eigenvalue weighted by Gasteiger charge is 2.32. The zero-order valence-electron chi connectivity index (χ0n) is 10.8. The molecule has 21 heavy (non-hydrogen) atoms. The lowest BCUT2D eigenvalue weighted by atomic mass is 10.2. The van der Waals surface area contributed by atoms with Crippen LogP contribution < -0.4 is 16.0 Å². The Morgan fingerprint density at radius 1 is 1.24 bits per heavy atom. The molecule has 0 unspecified atom stereocenters. The summed E-state index contributed by atoms with van der Waals surface area (Å²) < 4.78 is 57.1. The number of ether oxygens (including phenoxy) is 1. The van der Waals surface area contributed by atoms with E-state index in [2.05, 4.69) is 4.98 Å². The van der Waals surface area contributed by atoms with E-state index >= 15 is 0 Å². The van der Waals surface area contributed by atoms with Crippen LogP contribution in [0.5, 0.6) is 11.6 Å². The first kappa shape index (κ1) is 15.0. The lowest BCUT2D eigenvalue weighted by molar-refractivity contribution is -0.137. The molecule has 8 heteroatoms. The van der Waals surface area contributed by atoms with Gasteiger partial charge in [-0.25, -0.2) is 10.2 Å². The number of nitrogens with one attached hydrogen (secondary N) is 1. The SMILES string of the molecule is Cc1cccc(Oc2cc(C(F)(F)F)cc(NN)n2)c1F. The van der Waals surface area contributed by atoms with Gasteiger partial charge in [0.05, 0.1) is 5.56 Å². The van der Waals surface area contributed by atoms with Crippen molar-refractivity contribution in [2.75, 3.05) is 5.43 Å². The molecule has 0 amide bonds. The lowest BCUT2D eigenvalue weighted by Gasteiger charge is -2.12. The van der Waals surface area contributed by atoms with Gasteiger partial charge in [-0.3, -0.25) is 0 Å².